The summed E-state index contributed by atoms with van der Waals surface area (Å²) in [6, 6.07) is 22.3. The number of nitrogens with zero attached hydrogens (tertiary/aromatic N) is 3. The first-order chi connectivity index (χ1) is 18.2. The van der Waals surface area contributed by atoms with Gasteiger partial charge in [-0.1, -0.05) is 48.9 Å². The number of carbonyl (C=O) groups is 1. The Kier molecular flexibility index (Phi) is 8.21. The number of carbonyl (C=O) groups excluding carboxylic acids is 1. The lowest BCUT2D eigenvalue weighted by Gasteiger charge is -2.33. The molecule has 3 aromatic rings. The van der Waals surface area contributed by atoms with Crippen LogP contribution in [0.5, 0.6) is 11.6 Å². The van der Waals surface area contributed by atoms with E-state index in [2.05, 4.69) is 29.2 Å². The zero-order valence-corrected chi connectivity index (χ0v) is 21.5. The minimum absolute atomic E-state index is 0.0549. The topological polar surface area (TPSA) is 64.1 Å². The molecule has 0 aliphatic carbocycles. The van der Waals surface area contributed by atoms with E-state index in [0.717, 1.165) is 55.8 Å². The molecular formula is C30H35N3O4. The van der Waals surface area contributed by atoms with Gasteiger partial charge < -0.3 is 19.1 Å². The summed E-state index contributed by atoms with van der Waals surface area (Å²) in [7, 11) is 1.66. The molecule has 194 valence electrons. The quantitative estimate of drug-likeness (QED) is 0.432. The molecule has 3 heterocycles. The van der Waals surface area contributed by atoms with Crippen LogP contribution < -0.4 is 19.3 Å². The van der Waals surface area contributed by atoms with Crippen LogP contribution in [0.3, 0.4) is 0 Å². The normalized spacial score (nSPS) is 18.4. The van der Waals surface area contributed by atoms with Crippen molar-refractivity contribution in [2.45, 2.75) is 44.8 Å². The number of hydrogen-bond acceptors (Lipinski definition) is 6. The highest BCUT2D eigenvalue weighted by Crippen LogP contribution is 2.32. The van der Waals surface area contributed by atoms with E-state index < -0.39 is 0 Å². The van der Waals surface area contributed by atoms with Gasteiger partial charge in [0.05, 0.1) is 20.3 Å². The number of amides is 1. The van der Waals surface area contributed by atoms with Crippen molar-refractivity contribution in [2.24, 2.45) is 0 Å². The van der Waals surface area contributed by atoms with Crippen molar-refractivity contribution in [2.75, 3.05) is 43.2 Å². The zero-order chi connectivity index (χ0) is 25.5. The lowest BCUT2D eigenvalue weighted by molar-refractivity contribution is -0.118. The van der Waals surface area contributed by atoms with Crippen molar-refractivity contribution in [3.63, 3.8) is 0 Å². The highest BCUT2D eigenvalue weighted by molar-refractivity contribution is 5.94. The standard InChI is InChI=1S/C30H35N3O4/c1-35-27-13-11-24(12-14-27)22-37-29-21-26(32-15-17-36-18-16-32)20-28(31-29)33-25(9-5-6-10-30(33)34)19-23-7-3-2-4-8-23/h2-4,7-8,11-14,20-21,25H,5-6,9-10,15-19,22H2,1H3. The number of benzene rings is 2. The summed E-state index contributed by atoms with van der Waals surface area (Å²) < 4.78 is 17.0. The van der Waals surface area contributed by atoms with Gasteiger partial charge in [-0.3, -0.25) is 9.69 Å². The Labute approximate surface area is 219 Å². The second kappa shape index (κ2) is 12.1. The average Bonchev–Trinajstić information content (AvgIpc) is 3.13. The van der Waals surface area contributed by atoms with Crippen molar-refractivity contribution in [1.82, 2.24) is 4.98 Å². The van der Waals surface area contributed by atoms with Gasteiger partial charge in [-0.15, -0.1) is 0 Å². The number of methoxy groups -OCH3 is 1. The molecule has 0 saturated carbocycles. The van der Waals surface area contributed by atoms with E-state index in [1.54, 1.807) is 7.11 Å². The third-order valence-electron chi connectivity index (χ3n) is 7.07. The molecule has 0 N–H and O–H groups in total. The number of pyridine rings is 1. The fourth-order valence-electron chi connectivity index (χ4n) is 5.06. The van der Waals surface area contributed by atoms with Crippen molar-refractivity contribution in [3.05, 3.63) is 77.9 Å². The Morgan fingerprint density at radius 1 is 0.973 bits per heavy atom. The molecule has 7 heteroatoms. The van der Waals surface area contributed by atoms with Crippen molar-refractivity contribution in [1.29, 1.82) is 0 Å². The smallest absolute Gasteiger partial charge is 0.228 e. The molecule has 2 fully saturated rings. The molecule has 2 aliphatic heterocycles. The molecule has 0 radical (unpaired) electrons. The van der Waals surface area contributed by atoms with E-state index in [0.29, 0.717) is 37.9 Å². The fraction of sp³-hybridized carbons (Fsp3) is 0.400. The molecule has 37 heavy (non-hydrogen) atoms. The first-order valence-corrected chi connectivity index (χ1v) is 13.2. The van der Waals surface area contributed by atoms with Gasteiger partial charge in [0.25, 0.3) is 0 Å². The molecule has 1 atom stereocenters. The summed E-state index contributed by atoms with van der Waals surface area (Å²) in [5.41, 5.74) is 3.26. The average molecular weight is 502 g/mol. The minimum atomic E-state index is 0.0549. The van der Waals surface area contributed by atoms with E-state index >= 15 is 0 Å². The summed E-state index contributed by atoms with van der Waals surface area (Å²) >= 11 is 0. The predicted molar refractivity (Wildman–Crippen MR) is 144 cm³/mol. The number of anilines is 2. The third-order valence-corrected chi connectivity index (χ3v) is 7.07. The third kappa shape index (κ3) is 6.41. The van der Waals surface area contributed by atoms with Gasteiger partial charge in [0, 0.05) is 43.4 Å². The van der Waals surface area contributed by atoms with Gasteiger partial charge in [-0.05, 0) is 42.5 Å². The van der Waals surface area contributed by atoms with Crippen LogP contribution in [0.25, 0.3) is 0 Å². The summed E-state index contributed by atoms with van der Waals surface area (Å²) in [4.78, 5) is 22.6. The SMILES string of the molecule is COc1ccc(COc2cc(N3CCOCC3)cc(N3C(=O)CCCCC3Cc3ccccc3)n2)cc1. The molecule has 2 aromatic carbocycles. The van der Waals surface area contributed by atoms with Crippen LogP contribution in [-0.4, -0.2) is 50.3 Å². The largest absolute Gasteiger partial charge is 0.497 e. The lowest BCUT2D eigenvalue weighted by Crippen LogP contribution is -2.41. The van der Waals surface area contributed by atoms with Gasteiger partial charge in [-0.2, -0.15) is 4.98 Å². The lowest BCUT2D eigenvalue weighted by atomic mass is 10.0. The Hall–Kier alpha value is -3.58. The summed E-state index contributed by atoms with van der Waals surface area (Å²) in [5.74, 6) is 2.13. The summed E-state index contributed by atoms with van der Waals surface area (Å²) in [6.07, 6.45) is 4.23. The second-order valence-electron chi connectivity index (χ2n) is 9.61. The Balaban J connectivity index is 1.46. The van der Waals surface area contributed by atoms with Crippen LogP contribution in [0.4, 0.5) is 11.5 Å². The minimum Gasteiger partial charge on any atom is -0.497 e. The molecule has 2 saturated heterocycles. The molecule has 0 bridgehead atoms. The van der Waals surface area contributed by atoms with Gasteiger partial charge in [0.1, 0.15) is 18.2 Å². The van der Waals surface area contributed by atoms with Gasteiger partial charge in [-0.25, -0.2) is 0 Å². The van der Waals surface area contributed by atoms with Crippen LogP contribution in [0, 0.1) is 0 Å². The Bertz CT molecular complexity index is 1160. The van der Waals surface area contributed by atoms with E-state index in [4.69, 9.17) is 19.2 Å². The molecule has 7 nitrogen and oxygen atoms in total. The molecule has 1 unspecified atom stereocenters. The van der Waals surface area contributed by atoms with Crippen molar-refractivity contribution >= 4 is 17.4 Å². The number of rotatable bonds is 8. The van der Waals surface area contributed by atoms with Crippen LogP contribution >= 0.6 is 0 Å². The molecule has 5 rings (SSSR count). The Morgan fingerprint density at radius 2 is 1.76 bits per heavy atom. The van der Waals surface area contributed by atoms with E-state index in [9.17, 15) is 4.79 Å². The van der Waals surface area contributed by atoms with Crippen LogP contribution in [0.1, 0.15) is 36.8 Å². The zero-order valence-electron chi connectivity index (χ0n) is 21.5. The predicted octanol–water partition coefficient (Wildman–Crippen LogP) is 5.02. The van der Waals surface area contributed by atoms with Gasteiger partial charge >= 0.3 is 0 Å². The monoisotopic (exact) mass is 501 g/mol. The molecular weight excluding hydrogens is 466 g/mol. The maximum Gasteiger partial charge on any atom is 0.228 e. The molecule has 1 amide bonds. The number of aromatic nitrogens is 1. The molecule has 2 aliphatic rings. The highest BCUT2D eigenvalue weighted by atomic mass is 16.5. The van der Waals surface area contributed by atoms with Crippen LogP contribution in [0.15, 0.2) is 66.7 Å². The van der Waals surface area contributed by atoms with E-state index in [1.807, 2.05) is 47.4 Å². The van der Waals surface area contributed by atoms with Crippen LogP contribution in [0.2, 0.25) is 0 Å². The van der Waals surface area contributed by atoms with Crippen LogP contribution in [-0.2, 0) is 22.6 Å². The van der Waals surface area contributed by atoms with E-state index in [1.165, 1.54) is 5.56 Å². The number of hydrogen-bond donors (Lipinski definition) is 0. The van der Waals surface area contributed by atoms with Crippen molar-refractivity contribution in [3.8, 4) is 11.6 Å². The fourth-order valence-corrected chi connectivity index (χ4v) is 5.06. The summed E-state index contributed by atoms with van der Waals surface area (Å²) in [6.45, 7) is 3.33. The Morgan fingerprint density at radius 3 is 2.51 bits per heavy atom. The van der Waals surface area contributed by atoms with Gasteiger partial charge in [0.15, 0.2) is 0 Å². The first kappa shape index (κ1) is 25.1. The number of morpholine rings is 1. The van der Waals surface area contributed by atoms with Gasteiger partial charge in [0.2, 0.25) is 11.8 Å². The molecule has 0 spiro atoms. The van der Waals surface area contributed by atoms with E-state index in [-0.39, 0.29) is 11.9 Å². The maximum atomic E-state index is 13.5. The van der Waals surface area contributed by atoms with Crippen molar-refractivity contribution < 1.29 is 19.0 Å². The highest BCUT2D eigenvalue weighted by Gasteiger charge is 2.30. The number of ether oxygens (including phenoxy) is 3. The first-order valence-electron chi connectivity index (χ1n) is 13.2. The maximum absolute atomic E-state index is 13.5. The molecule has 1 aromatic heterocycles. The summed E-state index contributed by atoms with van der Waals surface area (Å²) in [5, 5.41) is 0. The second-order valence-corrected chi connectivity index (χ2v) is 9.61.